The van der Waals surface area contributed by atoms with Gasteiger partial charge in [0, 0.05) is 5.39 Å². The lowest BCUT2D eigenvalue weighted by molar-refractivity contribution is 0.745. The molecule has 1 N–H and O–H groups in total. The van der Waals surface area contributed by atoms with Crippen LogP contribution in [0.3, 0.4) is 0 Å². The van der Waals surface area contributed by atoms with E-state index in [2.05, 4.69) is 41.5 Å². The number of hydrogen-bond acceptors (Lipinski definition) is 4. The molecule has 1 aromatic heterocycles. The lowest BCUT2D eigenvalue weighted by Crippen LogP contribution is -2.12. The van der Waals surface area contributed by atoms with Gasteiger partial charge < -0.3 is 5.32 Å². The molecule has 0 saturated heterocycles. The number of rotatable bonds is 4. The maximum Gasteiger partial charge on any atom is 0.145 e. The fraction of sp³-hybridized carbons (Fsp3) is 0.150. The van der Waals surface area contributed by atoms with Crippen LogP contribution >= 0.6 is 0 Å². The minimum absolute atomic E-state index is 0.0532. The third-order valence-corrected chi connectivity index (χ3v) is 4.01. The molecule has 4 nitrogen and oxygen atoms in total. The van der Waals surface area contributed by atoms with Crippen LogP contribution in [0.15, 0.2) is 54.6 Å². The molecule has 0 bridgehead atoms. The van der Waals surface area contributed by atoms with Gasteiger partial charge in [-0.15, -0.1) is 0 Å². The Hall–Kier alpha value is -3.37. The minimum atomic E-state index is 0.0532. The molecule has 4 heteroatoms. The average molecular weight is 312 g/mol. The first kappa shape index (κ1) is 15.5. The predicted octanol–water partition coefficient (Wildman–Crippen LogP) is 4.54. The van der Waals surface area contributed by atoms with Crippen LogP contribution in [-0.2, 0) is 0 Å². The molecule has 0 amide bonds. The summed E-state index contributed by atoms with van der Waals surface area (Å²) in [6.07, 6.45) is 0.856. The number of nitrogens with zero attached hydrogens (tertiary/aromatic N) is 3. The highest BCUT2D eigenvalue weighted by atomic mass is 15.0. The van der Waals surface area contributed by atoms with Crippen LogP contribution in [0, 0.1) is 22.7 Å². The first-order chi connectivity index (χ1) is 11.8. The van der Waals surface area contributed by atoms with Crippen LogP contribution in [0.4, 0.5) is 5.82 Å². The molecule has 0 fully saturated rings. The van der Waals surface area contributed by atoms with Gasteiger partial charge in [0.2, 0.25) is 0 Å². The minimum Gasteiger partial charge on any atom is -0.362 e. The smallest absolute Gasteiger partial charge is 0.145 e. The van der Waals surface area contributed by atoms with Gasteiger partial charge in [-0.25, -0.2) is 4.98 Å². The van der Waals surface area contributed by atoms with Gasteiger partial charge in [0.05, 0.1) is 22.7 Å². The van der Waals surface area contributed by atoms with Gasteiger partial charge in [0.25, 0.3) is 0 Å². The zero-order valence-corrected chi connectivity index (χ0v) is 13.3. The molecule has 0 radical (unpaired) electrons. The van der Waals surface area contributed by atoms with Crippen molar-refractivity contribution in [3.8, 4) is 12.1 Å². The van der Waals surface area contributed by atoms with Crippen molar-refractivity contribution < 1.29 is 0 Å². The second-order valence-corrected chi connectivity index (χ2v) is 5.50. The summed E-state index contributed by atoms with van der Waals surface area (Å²) in [5.41, 5.74) is 2.74. The van der Waals surface area contributed by atoms with E-state index in [9.17, 15) is 10.5 Å². The summed E-state index contributed by atoms with van der Waals surface area (Å²) in [6, 6.07) is 21.7. The Labute approximate surface area is 141 Å². The van der Waals surface area contributed by atoms with Crippen LogP contribution in [0.2, 0.25) is 0 Å². The van der Waals surface area contributed by atoms with Crippen molar-refractivity contribution in [2.75, 3.05) is 5.32 Å². The van der Waals surface area contributed by atoms with Crippen LogP contribution in [0.25, 0.3) is 10.9 Å². The Bertz CT molecular complexity index is 949. The van der Waals surface area contributed by atoms with Gasteiger partial charge >= 0.3 is 0 Å². The monoisotopic (exact) mass is 312 g/mol. The van der Waals surface area contributed by atoms with Crippen LogP contribution in [0.5, 0.6) is 0 Å². The highest BCUT2D eigenvalue weighted by molar-refractivity contribution is 5.87. The van der Waals surface area contributed by atoms with Crippen LogP contribution < -0.4 is 5.32 Å². The van der Waals surface area contributed by atoms with Crippen molar-refractivity contribution in [3.63, 3.8) is 0 Å². The number of nitrogens with one attached hydrogen (secondary N) is 1. The molecule has 0 aliphatic carbocycles. The number of hydrogen-bond donors (Lipinski definition) is 1. The van der Waals surface area contributed by atoms with E-state index in [-0.39, 0.29) is 6.04 Å². The molecule has 1 atom stereocenters. The molecule has 0 saturated carbocycles. The summed E-state index contributed by atoms with van der Waals surface area (Å²) >= 11 is 0. The predicted molar refractivity (Wildman–Crippen MR) is 94.3 cm³/mol. The summed E-state index contributed by atoms with van der Waals surface area (Å²) in [5, 5.41) is 22.9. The van der Waals surface area contributed by atoms with Gasteiger partial charge in [-0.2, -0.15) is 10.5 Å². The quantitative estimate of drug-likeness (QED) is 0.767. The van der Waals surface area contributed by atoms with Gasteiger partial charge in [-0.3, -0.25) is 0 Å². The summed E-state index contributed by atoms with van der Waals surface area (Å²) in [6.45, 7) is 2.08. The number of aromatic nitrogens is 1. The molecule has 116 valence electrons. The Morgan fingerprint density at radius 1 is 1.00 bits per heavy atom. The summed E-state index contributed by atoms with van der Waals surface area (Å²) < 4.78 is 0. The largest absolute Gasteiger partial charge is 0.362 e. The zero-order valence-electron chi connectivity index (χ0n) is 13.3. The van der Waals surface area contributed by atoms with E-state index in [0.717, 1.165) is 17.4 Å². The van der Waals surface area contributed by atoms with Gasteiger partial charge in [-0.05, 0) is 24.1 Å². The second-order valence-electron chi connectivity index (χ2n) is 5.50. The molecular formula is C20H16N4. The van der Waals surface area contributed by atoms with Gasteiger partial charge in [-0.1, -0.05) is 49.4 Å². The third kappa shape index (κ3) is 2.91. The number of nitriles is 2. The summed E-state index contributed by atoms with van der Waals surface area (Å²) in [7, 11) is 0. The standard InChI is InChI=1S/C20H16N4/c1-2-18(14-7-4-3-5-8-14)23-20-17(13-22)11-15-9-6-10-16(12-21)19(15)24-20/h3-11,18H,2H2,1H3,(H,23,24)/t18-/m1/s1. The summed E-state index contributed by atoms with van der Waals surface area (Å²) in [5.74, 6) is 0.517. The molecule has 0 unspecified atom stereocenters. The van der Waals surface area contributed by atoms with E-state index in [4.69, 9.17) is 0 Å². The highest BCUT2D eigenvalue weighted by Crippen LogP contribution is 2.27. The number of pyridine rings is 1. The van der Waals surface area contributed by atoms with Gasteiger partial charge in [0.1, 0.15) is 18.0 Å². The molecule has 0 aliphatic rings. The highest BCUT2D eigenvalue weighted by Gasteiger charge is 2.14. The number of benzene rings is 2. The molecular weight excluding hydrogens is 296 g/mol. The van der Waals surface area contributed by atoms with E-state index < -0.39 is 0 Å². The Kier molecular flexibility index (Phi) is 4.40. The maximum absolute atomic E-state index is 9.47. The van der Waals surface area contributed by atoms with Crippen LogP contribution in [-0.4, -0.2) is 4.98 Å². The Balaban J connectivity index is 2.08. The van der Waals surface area contributed by atoms with E-state index in [1.165, 1.54) is 0 Å². The molecule has 3 aromatic rings. The maximum atomic E-state index is 9.47. The lowest BCUT2D eigenvalue weighted by atomic mass is 10.0. The molecule has 1 heterocycles. The fourth-order valence-electron chi connectivity index (χ4n) is 2.76. The molecule has 0 spiro atoms. The topological polar surface area (TPSA) is 72.5 Å². The Morgan fingerprint density at radius 3 is 2.42 bits per heavy atom. The van der Waals surface area contributed by atoms with Crippen molar-refractivity contribution >= 4 is 16.7 Å². The number of anilines is 1. The van der Waals surface area contributed by atoms with Crippen molar-refractivity contribution in [1.82, 2.24) is 4.98 Å². The molecule has 2 aromatic carbocycles. The van der Waals surface area contributed by atoms with E-state index >= 15 is 0 Å². The second kappa shape index (κ2) is 6.81. The van der Waals surface area contributed by atoms with Crippen molar-refractivity contribution in [2.45, 2.75) is 19.4 Å². The normalized spacial score (nSPS) is 11.5. The lowest BCUT2D eigenvalue weighted by Gasteiger charge is -2.19. The SMILES string of the molecule is CC[C@@H](Nc1nc2c(C#N)cccc2cc1C#N)c1ccccc1. The molecule has 24 heavy (non-hydrogen) atoms. The third-order valence-electron chi connectivity index (χ3n) is 4.01. The first-order valence-electron chi connectivity index (χ1n) is 7.82. The number of para-hydroxylation sites is 1. The fourth-order valence-corrected chi connectivity index (χ4v) is 2.76. The summed E-state index contributed by atoms with van der Waals surface area (Å²) in [4.78, 5) is 4.57. The van der Waals surface area contributed by atoms with Crippen molar-refractivity contribution in [1.29, 1.82) is 10.5 Å². The van der Waals surface area contributed by atoms with Crippen LogP contribution in [0.1, 0.15) is 36.1 Å². The Morgan fingerprint density at radius 2 is 1.75 bits per heavy atom. The average Bonchev–Trinajstić information content (AvgIpc) is 2.65. The molecule has 0 aliphatic heterocycles. The first-order valence-corrected chi connectivity index (χ1v) is 7.82. The van der Waals surface area contributed by atoms with Crippen molar-refractivity contribution in [3.05, 3.63) is 71.3 Å². The van der Waals surface area contributed by atoms with E-state index in [1.807, 2.05) is 24.3 Å². The molecule has 3 rings (SSSR count). The number of fused-ring (bicyclic) bond motifs is 1. The van der Waals surface area contributed by atoms with Crippen molar-refractivity contribution in [2.24, 2.45) is 0 Å². The van der Waals surface area contributed by atoms with E-state index in [1.54, 1.807) is 18.2 Å². The van der Waals surface area contributed by atoms with Gasteiger partial charge in [0.15, 0.2) is 0 Å². The zero-order chi connectivity index (χ0) is 16.9. The van der Waals surface area contributed by atoms with E-state index in [0.29, 0.717) is 22.5 Å².